The maximum absolute atomic E-state index is 14.4. The number of hydrogen-bond acceptors (Lipinski definition) is 12. The summed E-state index contributed by atoms with van der Waals surface area (Å²) in [6.07, 6.45) is 14.9. The molecule has 1 saturated carbocycles. The van der Waals surface area contributed by atoms with Gasteiger partial charge in [-0.2, -0.15) is 0 Å². The third-order valence-electron chi connectivity index (χ3n) is 15.0. The second-order valence-corrected chi connectivity index (χ2v) is 20.5. The Morgan fingerprint density at radius 3 is 2.30 bits per heavy atom. The predicted molar refractivity (Wildman–Crippen MR) is 253 cm³/mol. The van der Waals surface area contributed by atoms with Crippen molar-refractivity contribution in [3.63, 3.8) is 0 Å². The summed E-state index contributed by atoms with van der Waals surface area (Å²) in [6, 6.07) is -1.11. The molecule has 3 heterocycles. The van der Waals surface area contributed by atoms with Crippen LogP contribution in [0.5, 0.6) is 0 Å². The largest absolute Gasteiger partial charge is 0.460 e. The third-order valence-corrected chi connectivity index (χ3v) is 15.0. The van der Waals surface area contributed by atoms with E-state index in [4.69, 9.17) is 18.9 Å². The third kappa shape index (κ3) is 14.8. The molecular weight excluding hydrogens is 843 g/mol. The molecule has 1 aliphatic carbocycles. The molecule has 4 rings (SSSR count). The van der Waals surface area contributed by atoms with Gasteiger partial charge in [-0.25, -0.2) is 4.79 Å². The Labute approximate surface area is 394 Å². The number of nitrogens with zero attached hydrogens (tertiary/aromatic N) is 1. The predicted octanol–water partition coefficient (Wildman–Crippen LogP) is 7.44. The zero-order valence-electron chi connectivity index (χ0n) is 41.6. The van der Waals surface area contributed by atoms with Crippen LogP contribution in [0.25, 0.3) is 0 Å². The van der Waals surface area contributed by atoms with Gasteiger partial charge >= 0.3 is 5.97 Å². The fraction of sp³-hybridized carbons (Fsp3) is 0.755. The second-order valence-electron chi connectivity index (χ2n) is 20.5. The highest BCUT2D eigenvalue weighted by atomic mass is 16.6. The highest BCUT2D eigenvalue weighted by molar-refractivity contribution is 6.39. The van der Waals surface area contributed by atoms with Gasteiger partial charge in [-0.05, 0) is 113 Å². The topological polar surface area (TPSA) is 186 Å². The lowest BCUT2D eigenvalue weighted by atomic mass is 9.75. The molecule has 3 fully saturated rings. The number of rotatable bonds is 7. The minimum Gasteiger partial charge on any atom is -0.460 e. The zero-order chi connectivity index (χ0) is 48.9. The standard InChI is InChI=1S/C53H83NO12/c1-32-16-12-11-13-17-33(2)46(63-10)30-42-21-19-39(8)53(62,66-42)50(59)51(60)54-23-15-14-18-43(54)52(61)65-47(36(5)29-41-20-22-45(35(4)28-41)64-25-24-55)31-44(56)34(3)27-38(7)49(58)40(9)48(57)37(6)26-32/h11-13,16-17,27,32,34-37,39-43,45-47,49,55,58,62H,14-15,18-26,28-31H2,1-10H3/b13-11+,16-12+,33-17+,38-27+/t32-,34-,35-,36-,37-,39-,40+,41-,42+,43+,45-,46+,47+,49-,53-/m1/s1. The number of carbonyl (C=O) groups excluding carboxylic acids is 5. The van der Waals surface area contributed by atoms with Gasteiger partial charge in [-0.1, -0.05) is 84.9 Å². The maximum atomic E-state index is 14.4. The minimum atomic E-state index is -2.41. The molecule has 0 aromatic carbocycles. The summed E-state index contributed by atoms with van der Waals surface area (Å²) < 4.78 is 24.2. The van der Waals surface area contributed by atoms with Crippen molar-refractivity contribution < 1.29 is 58.2 Å². The Bertz CT molecular complexity index is 1770. The van der Waals surface area contributed by atoms with Crippen molar-refractivity contribution in [2.24, 2.45) is 47.3 Å². The lowest BCUT2D eigenvalue weighted by Gasteiger charge is -2.42. The summed E-state index contributed by atoms with van der Waals surface area (Å²) in [4.78, 5) is 71.9. The van der Waals surface area contributed by atoms with Gasteiger partial charge in [-0.15, -0.1) is 0 Å². The molecule has 0 aromatic heterocycles. The van der Waals surface area contributed by atoms with Crippen molar-refractivity contribution in [1.82, 2.24) is 4.90 Å². The lowest BCUT2D eigenvalue weighted by molar-refractivity contribution is -0.265. The van der Waals surface area contributed by atoms with Crippen molar-refractivity contribution in [2.45, 2.75) is 182 Å². The second kappa shape index (κ2) is 25.9. The molecule has 66 heavy (non-hydrogen) atoms. The van der Waals surface area contributed by atoms with E-state index in [1.807, 2.05) is 58.1 Å². The maximum Gasteiger partial charge on any atom is 0.329 e. The van der Waals surface area contributed by atoms with Crippen LogP contribution in [0.4, 0.5) is 0 Å². The van der Waals surface area contributed by atoms with Gasteiger partial charge in [0.05, 0.1) is 37.6 Å². The number of esters is 1. The Morgan fingerprint density at radius 2 is 1.62 bits per heavy atom. The summed E-state index contributed by atoms with van der Waals surface area (Å²) in [5, 5.41) is 32.7. The van der Waals surface area contributed by atoms with Crippen molar-refractivity contribution in [1.29, 1.82) is 0 Å². The number of aliphatic hydroxyl groups excluding tert-OH is 2. The van der Waals surface area contributed by atoms with E-state index in [-0.39, 0.29) is 79.9 Å². The zero-order valence-corrected chi connectivity index (χ0v) is 41.6. The van der Waals surface area contributed by atoms with Crippen molar-refractivity contribution in [3.05, 3.63) is 47.6 Å². The van der Waals surface area contributed by atoms with Crippen LogP contribution in [0.3, 0.4) is 0 Å². The number of piperidine rings is 1. The van der Waals surface area contributed by atoms with E-state index in [0.29, 0.717) is 50.5 Å². The minimum absolute atomic E-state index is 0.0395. The first-order valence-corrected chi connectivity index (χ1v) is 24.9. The van der Waals surface area contributed by atoms with Crippen molar-refractivity contribution in [3.8, 4) is 0 Å². The van der Waals surface area contributed by atoms with Gasteiger partial charge in [0.2, 0.25) is 5.79 Å². The SMILES string of the molecule is CO[C@H]1C[C@@H]2CC[C@@H](C)[C@@](O)(O2)C(=O)C(=O)N2CCCC[C@H]2C(=O)O[C@H]([C@H](C)C[C@@H]2CC[C@@H](OCCO)[C@H](C)C2)CC(=O)[C@H](C)/C=C(\C)[C@@H](O)[C@@H](C)C(=O)[C@H](C)C[C@H](C)/C=C/C=C/C=C/1C. The van der Waals surface area contributed by atoms with E-state index in [2.05, 4.69) is 6.92 Å². The van der Waals surface area contributed by atoms with Gasteiger partial charge in [0, 0.05) is 50.2 Å². The van der Waals surface area contributed by atoms with Crippen molar-refractivity contribution >= 4 is 29.2 Å². The van der Waals surface area contributed by atoms with Crippen LogP contribution < -0.4 is 0 Å². The van der Waals surface area contributed by atoms with E-state index in [9.17, 15) is 39.3 Å². The Morgan fingerprint density at radius 1 is 0.894 bits per heavy atom. The molecule has 1 amide bonds. The number of aliphatic hydroxyl groups is 3. The van der Waals surface area contributed by atoms with Crippen LogP contribution in [0.2, 0.25) is 0 Å². The van der Waals surface area contributed by atoms with Crippen LogP contribution >= 0.6 is 0 Å². The summed E-state index contributed by atoms with van der Waals surface area (Å²) in [5.41, 5.74) is 1.40. The number of hydrogen-bond donors (Lipinski definition) is 3. The van der Waals surface area contributed by atoms with Gasteiger partial charge in [0.15, 0.2) is 0 Å². The molecule has 0 aromatic rings. The molecule has 2 bridgehead atoms. The quantitative estimate of drug-likeness (QED) is 0.130. The first-order valence-electron chi connectivity index (χ1n) is 24.9. The first-order chi connectivity index (χ1) is 31.2. The Hall–Kier alpha value is -3.33. The summed E-state index contributed by atoms with van der Waals surface area (Å²) in [6.45, 7) is 17.2. The number of allylic oxidation sites excluding steroid dienone is 6. The summed E-state index contributed by atoms with van der Waals surface area (Å²) in [7, 11) is 1.59. The highest BCUT2D eigenvalue weighted by Crippen LogP contribution is 2.38. The molecule has 13 heteroatoms. The fourth-order valence-electron chi connectivity index (χ4n) is 10.7. The fourth-order valence-corrected chi connectivity index (χ4v) is 10.7. The smallest absolute Gasteiger partial charge is 0.329 e. The molecule has 372 valence electrons. The average molecular weight is 926 g/mol. The number of methoxy groups -OCH3 is 1. The van der Waals surface area contributed by atoms with Crippen LogP contribution in [-0.2, 0) is 42.9 Å². The van der Waals surface area contributed by atoms with E-state index >= 15 is 0 Å². The number of Topliss-reactive ketones (excluding diaryl/α,β-unsaturated/α-hetero) is 3. The molecule has 0 radical (unpaired) electrons. The molecule has 3 N–H and O–H groups in total. The van der Waals surface area contributed by atoms with Gasteiger partial charge in [0.25, 0.3) is 11.7 Å². The number of ether oxygens (including phenoxy) is 4. The monoisotopic (exact) mass is 926 g/mol. The normalized spacial score (nSPS) is 40.0. The van der Waals surface area contributed by atoms with Crippen LogP contribution in [0, 0.1) is 47.3 Å². The average Bonchev–Trinajstić information content (AvgIpc) is 3.29. The Balaban J connectivity index is 1.67. The lowest BCUT2D eigenvalue weighted by Crippen LogP contribution is -2.61. The molecule has 0 spiro atoms. The highest BCUT2D eigenvalue weighted by Gasteiger charge is 2.53. The number of cyclic esters (lactones) is 1. The van der Waals surface area contributed by atoms with E-state index < -0.39 is 71.7 Å². The Kier molecular flexibility index (Phi) is 21.7. The van der Waals surface area contributed by atoms with Crippen LogP contribution in [0.15, 0.2) is 47.6 Å². The van der Waals surface area contributed by atoms with E-state index in [1.165, 1.54) is 4.90 Å². The molecule has 13 nitrogen and oxygen atoms in total. The van der Waals surface area contributed by atoms with Gasteiger partial charge < -0.3 is 39.2 Å². The number of fused-ring (bicyclic) bond motifs is 3. The first kappa shape index (κ1) is 55.3. The van der Waals surface area contributed by atoms with Gasteiger partial charge in [0.1, 0.15) is 23.7 Å². The summed E-state index contributed by atoms with van der Waals surface area (Å²) in [5.74, 6) is -7.57. The summed E-state index contributed by atoms with van der Waals surface area (Å²) >= 11 is 0. The van der Waals surface area contributed by atoms with E-state index in [1.54, 1.807) is 40.9 Å². The van der Waals surface area contributed by atoms with Crippen molar-refractivity contribution in [2.75, 3.05) is 26.9 Å². The molecule has 3 aliphatic heterocycles. The number of ketones is 3. The molecule has 2 saturated heterocycles. The number of carbonyl (C=O) groups is 5. The van der Waals surface area contributed by atoms with Crippen LogP contribution in [-0.4, -0.2) is 119 Å². The molecule has 15 atom stereocenters. The molecule has 4 aliphatic rings. The van der Waals surface area contributed by atoms with Gasteiger partial charge in [-0.3, -0.25) is 19.2 Å². The van der Waals surface area contributed by atoms with E-state index in [0.717, 1.165) is 24.8 Å². The number of amides is 1. The molecule has 0 unspecified atom stereocenters. The van der Waals surface area contributed by atoms with Crippen LogP contribution in [0.1, 0.15) is 139 Å². The molecular formula is C53H83NO12.